The first-order chi connectivity index (χ1) is 14.9. The Bertz CT molecular complexity index is 1170. The van der Waals surface area contributed by atoms with E-state index < -0.39 is 10.0 Å². The molecule has 1 aliphatic rings. The van der Waals surface area contributed by atoms with Crippen LogP contribution in [0.3, 0.4) is 0 Å². The molecule has 2 amide bonds. The van der Waals surface area contributed by atoms with Gasteiger partial charge in [0.1, 0.15) is 5.82 Å². The number of hydrogen-bond donors (Lipinski definition) is 1. The maximum Gasteiger partial charge on any atom is 0.324 e. The van der Waals surface area contributed by atoms with Gasteiger partial charge < -0.3 is 4.90 Å². The summed E-state index contributed by atoms with van der Waals surface area (Å²) >= 11 is 0. The SMILES string of the molecule is O=C1N(Cc2ccc(F)cc2)CCCN1c1cccc(NS(=O)(=O)c2ccccc2)c1. The minimum Gasteiger partial charge on any atom is -0.320 e. The van der Waals surface area contributed by atoms with Crippen LogP contribution in [0.2, 0.25) is 0 Å². The highest BCUT2D eigenvalue weighted by Crippen LogP contribution is 2.26. The molecule has 160 valence electrons. The third-order valence-corrected chi connectivity index (χ3v) is 6.46. The maximum absolute atomic E-state index is 13.2. The number of benzene rings is 3. The largest absolute Gasteiger partial charge is 0.324 e. The zero-order chi connectivity index (χ0) is 21.8. The van der Waals surface area contributed by atoms with E-state index in [0.29, 0.717) is 31.0 Å². The van der Waals surface area contributed by atoms with Gasteiger partial charge in [0, 0.05) is 25.3 Å². The molecule has 0 saturated carbocycles. The Morgan fingerprint density at radius 1 is 0.903 bits per heavy atom. The monoisotopic (exact) mass is 439 g/mol. The maximum atomic E-state index is 13.2. The Morgan fingerprint density at radius 2 is 1.65 bits per heavy atom. The lowest BCUT2D eigenvalue weighted by atomic mass is 10.1. The number of halogens is 1. The van der Waals surface area contributed by atoms with Crippen molar-refractivity contribution in [2.45, 2.75) is 17.9 Å². The van der Waals surface area contributed by atoms with Crippen molar-refractivity contribution < 1.29 is 17.6 Å². The highest BCUT2D eigenvalue weighted by molar-refractivity contribution is 7.92. The summed E-state index contributed by atoms with van der Waals surface area (Å²) in [6.45, 7) is 1.52. The molecule has 1 aliphatic heterocycles. The average Bonchev–Trinajstić information content (AvgIpc) is 2.77. The molecule has 1 heterocycles. The summed E-state index contributed by atoms with van der Waals surface area (Å²) in [5, 5.41) is 0. The van der Waals surface area contributed by atoms with E-state index in [2.05, 4.69) is 4.72 Å². The first-order valence-corrected chi connectivity index (χ1v) is 11.4. The Kier molecular flexibility index (Phi) is 5.90. The van der Waals surface area contributed by atoms with Gasteiger partial charge in [0.25, 0.3) is 10.0 Å². The normalized spacial score (nSPS) is 14.5. The van der Waals surface area contributed by atoms with Crippen LogP contribution in [0.4, 0.5) is 20.6 Å². The molecule has 8 heteroatoms. The summed E-state index contributed by atoms with van der Waals surface area (Å²) in [7, 11) is -3.72. The van der Waals surface area contributed by atoms with Crippen LogP contribution in [0.25, 0.3) is 0 Å². The molecule has 0 radical (unpaired) electrons. The molecule has 3 aromatic rings. The van der Waals surface area contributed by atoms with Crippen LogP contribution in [-0.4, -0.2) is 32.4 Å². The Balaban J connectivity index is 1.51. The number of sulfonamides is 1. The lowest BCUT2D eigenvalue weighted by molar-refractivity contribution is 0.192. The lowest BCUT2D eigenvalue weighted by Gasteiger charge is -2.36. The van der Waals surface area contributed by atoms with Crippen LogP contribution in [0.5, 0.6) is 0 Å². The molecule has 0 spiro atoms. The molecule has 4 rings (SSSR count). The zero-order valence-corrected chi connectivity index (χ0v) is 17.6. The zero-order valence-electron chi connectivity index (χ0n) is 16.7. The molecule has 0 unspecified atom stereocenters. The van der Waals surface area contributed by atoms with Crippen LogP contribution < -0.4 is 9.62 Å². The molecule has 1 N–H and O–H groups in total. The molecule has 1 fully saturated rings. The van der Waals surface area contributed by atoms with Gasteiger partial charge in [0.05, 0.1) is 10.6 Å². The number of carbonyl (C=O) groups is 1. The van der Waals surface area contributed by atoms with E-state index in [9.17, 15) is 17.6 Å². The summed E-state index contributed by atoms with van der Waals surface area (Å²) in [4.78, 5) is 16.6. The van der Waals surface area contributed by atoms with E-state index in [1.807, 2.05) is 0 Å². The second-order valence-electron chi connectivity index (χ2n) is 7.30. The fraction of sp³-hybridized carbons (Fsp3) is 0.174. The van der Waals surface area contributed by atoms with Crippen LogP contribution in [0, 0.1) is 5.82 Å². The summed E-state index contributed by atoms with van der Waals surface area (Å²) in [6, 6.07) is 20.8. The molecule has 0 atom stereocenters. The van der Waals surface area contributed by atoms with Crippen molar-refractivity contribution in [1.82, 2.24) is 4.90 Å². The van der Waals surface area contributed by atoms with E-state index in [-0.39, 0.29) is 16.7 Å². The summed E-state index contributed by atoms with van der Waals surface area (Å²) < 4.78 is 40.9. The molecule has 6 nitrogen and oxygen atoms in total. The van der Waals surface area contributed by atoms with E-state index in [4.69, 9.17) is 0 Å². The molecule has 0 aromatic heterocycles. The van der Waals surface area contributed by atoms with Crippen molar-refractivity contribution in [2.24, 2.45) is 0 Å². The third kappa shape index (κ3) is 4.86. The second-order valence-corrected chi connectivity index (χ2v) is 8.99. The smallest absolute Gasteiger partial charge is 0.320 e. The topological polar surface area (TPSA) is 69.7 Å². The number of hydrogen-bond acceptors (Lipinski definition) is 3. The second kappa shape index (κ2) is 8.77. The van der Waals surface area contributed by atoms with E-state index in [0.717, 1.165) is 12.0 Å². The molecule has 0 aliphatic carbocycles. The molecular formula is C23H22FN3O3S. The number of urea groups is 1. The van der Waals surface area contributed by atoms with Crippen molar-refractivity contribution in [2.75, 3.05) is 22.7 Å². The van der Waals surface area contributed by atoms with Crippen molar-refractivity contribution in [1.29, 1.82) is 0 Å². The number of nitrogens with one attached hydrogen (secondary N) is 1. The van der Waals surface area contributed by atoms with Crippen LogP contribution in [-0.2, 0) is 16.6 Å². The molecule has 31 heavy (non-hydrogen) atoms. The highest BCUT2D eigenvalue weighted by atomic mass is 32.2. The molecule has 0 bridgehead atoms. The first-order valence-electron chi connectivity index (χ1n) is 9.91. The van der Waals surface area contributed by atoms with Gasteiger partial charge in [-0.2, -0.15) is 0 Å². The first kappa shape index (κ1) is 20.9. The van der Waals surface area contributed by atoms with Gasteiger partial charge in [0.2, 0.25) is 0 Å². The minimum atomic E-state index is -3.72. The molecule has 3 aromatic carbocycles. The predicted molar refractivity (Wildman–Crippen MR) is 118 cm³/mol. The van der Waals surface area contributed by atoms with E-state index in [1.165, 1.54) is 24.3 Å². The number of carbonyl (C=O) groups excluding carboxylic acids is 1. The Hall–Kier alpha value is -3.39. The Morgan fingerprint density at radius 3 is 2.39 bits per heavy atom. The number of rotatable bonds is 6. The standard InChI is InChI=1S/C23H22FN3O3S/c24-19-12-10-18(11-13-19)17-26-14-5-15-27(23(26)28)21-7-4-6-20(16-21)25-31(29,30)22-8-2-1-3-9-22/h1-4,6-13,16,25H,5,14-15,17H2. The molecule has 1 saturated heterocycles. The number of anilines is 2. The van der Waals surface area contributed by atoms with Crippen LogP contribution in [0.15, 0.2) is 83.8 Å². The third-order valence-electron chi connectivity index (χ3n) is 5.06. The number of nitrogens with zero attached hydrogens (tertiary/aromatic N) is 2. The van der Waals surface area contributed by atoms with Crippen molar-refractivity contribution in [3.05, 3.63) is 90.2 Å². The highest BCUT2D eigenvalue weighted by Gasteiger charge is 2.27. The van der Waals surface area contributed by atoms with E-state index in [1.54, 1.807) is 64.4 Å². The minimum absolute atomic E-state index is 0.167. The Labute approximate surface area is 181 Å². The fourth-order valence-electron chi connectivity index (χ4n) is 3.53. The van der Waals surface area contributed by atoms with Gasteiger partial charge in [0.15, 0.2) is 0 Å². The van der Waals surface area contributed by atoms with Crippen molar-refractivity contribution in [3.8, 4) is 0 Å². The quantitative estimate of drug-likeness (QED) is 0.617. The van der Waals surface area contributed by atoms with Gasteiger partial charge >= 0.3 is 6.03 Å². The van der Waals surface area contributed by atoms with Gasteiger partial charge in [-0.3, -0.25) is 9.62 Å². The van der Waals surface area contributed by atoms with Crippen molar-refractivity contribution >= 4 is 27.4 Å². The summed E-state index contributed by atoms with van der Waals surface area (Å²) in [6.07, 6.45) is 0.771. The van der Waals surface area contributed by atoms with Gasteiger partial charge in [-0.05, 0) is 54.4 Å². The molecular weight excluding hydrogens is 417 g/mol. The summed E-state index contributed by atoms with van der Waals surface area (Å²) in [5.41, 5.74) is 1.84. The fourth-order valence-corrected chi connectivity index (χ4v) is 4.60. The lowest BCUT2D eigenvalue weighted by Crippen LogP contribution is -2.49. The van der Waals surface area contributed by atoms with Crippen LogP contribution in [0.1, 0.15) is 12.0 Å². The van der Waals surface area contributed by atoms with Gasteiger partial charge in [-0.1, -0.05) is 36.4 Å². The summed E-state index contributed by atoms with van der Waals surface area (Å²) in [5.74, 6) is -0.315. The average molecular weight is 440 g/mol. The van der Waals surface area contributed by atoms with Crippen LogP contribution >= 0.6 is 0 Å². The van der Waals surface area contributed by atoms with Gasteiger partial charge in [-0.15, -0.1) is 0 Å². The number of amides is 2. The predicted octanol–water partition coefficient (Wildman–Crippen LogP) is 4.46. The van der Waals surface area contributed by atoms with Crippen molar-refractivity contribution in [3.63, 3.8) is 0 Å². The van der Waals surface area contributed by atoms with E-state index >= 15 is 0 Å². The van der Waals surface area contributed by atoms with Gasteiger partial charge in [-0.25, -0.2) is 17.6 Å².